The zero-order valence-corrected chi connectivity index (χ0v) is 9.22. The van der Waals surface area contributed by atoms with Gasteiger partial charge in [-0.25, -0.2) is 4.79 Å². The lowest BCUT2D eigenvalue weighted by molar-refractivity contribution is -0.00836. The molecule has 0 aromatic rings. The summed E-state index contributed by atoms with van der Waals surface area (Å²) < 4.78 is 9.85. The maximum atomic E-state index is 11.0. The molecule has 0 spiro atoms. The largest absolute Gasteiger partial charge is 0.508 e. The Morgan fingerprint density at radius 3 is 2.31 bits per heavy atom. The molecule has 0 heterocycles. The fourth-order valence-electron chi connectivity index (χ4n) is 0.541. The second-order valence-corrected chi connectivity index (χ2v) is 4.22. The number of hydrogen-bond donors (Lipinski definition) is 0. The van der Waals surface area contributed by atoms with Crippen molar-refractivity contribution in [1.29, 1.82) is 0 Å². The molecular formula is C10H20O3. The van der Waals surface area contributed by atoms with E-state index in [0.717, 1.165) is 6.42 Å². The molecular weight excluding hydrogens is 168 g/mol. The summed E-state index contributed by atoms with van der Waals surface area (Å²) in [6.07, 6.45) is 0.125. The van der Waals surface area contributed by atoms with Crippen molar-refractivity contribution in [2.24, 2.45) is 5.41 Å². The molecule has 13 heavy (non-hydrogen) atoms. The maximum Gasteiger partial charge on any atom is 0.508 e. The zero-order chi connectivity index (χ0) is 10.5. The molecule has 0 aliphatic carbocycles. The van der Waals surface area contributed by atoms with Crippen molar-refractivity contribution in [3.63, 3.8) is 0 Å². The highest BCUT2D eigenvalue weighted by Crippen LogP contribution is 2.21. The molecule has 0 aliphatic rings. The number of ether oxygens (including phenoxy) is 2. The van der Waals surface area contributed by atoms with Crippen LogP contribution in [0.15, 0.2) is 0 Å². The molecule has 1 atom stereocenters. The van der Waals surface area contributed by atoms with Crippen molar-refractivity contribution < 1.29 is 14.3 Å². The predicted molar refractivity (Wildman–Crippen MR) is 51.6 cm³/mol. The molecule has 3 nitrogen and oxygen atoms in total. The molecule has 3 heteroatoms. The molecule has 0 aromatic heterocycles. The van der Waals surface area contributed by atoms with Crippen LogP contribution in [0.5, 0.6) is 0 Å². The third-order valence-corrected chi connectivity index (χ3v) is 1.92. The van der Waals surface area contributed by atoms with E-state index in [0.29, 0.717) is 6.61 Å². The van der Waals surface area contributed by atoms with Gasteiger partial charge in [0.2, 0.25) is 0 Å². The molecule has 78 valence electrons. The van der Waals surface area contributed by atoms with Crippen LogP contribution in [-0.4, -0.2) is 18.9 Å². The summed E-state index contributed by atoms with van der Waals surface area (Å²) in [6.45, 7) is 10.3. The van der Waals surface area contributed by atoms with E-state index in [2.05, 4.69) is 0 Å². The van der Waals surface area contributed by atoms with Gasteiger partial charge in [0.15, 0.2) is 0 Å². The van der Waals surface area contributed by atoms with E-state index in [9.17, 15) is 4.79 Å². The number of rotatable bonds is 3. The van der Waals surface area contributed by atoms with Gasteiger partial charge in [-0.05, 0) is 18.8 Å². The van der Waals surface area contributed by atoms with Crippen LogP contribution in [0.3, 0.4) is 0 Å². The topological polar surface area (TPSA) is 35.5 Å². The minimum absolute atomic E-state index is 0.0365. The van der Waals surface area contributed by atoms with Crippen LogP contribution < -0.4 is 0 Å². The second kappa shape index (κ2) is 5.10. The highest BCUT2D eigenvalue weighted by atomic mass is 16.7. The van der Waals surface area contributed by atoms with Crippen molar-refractivity contribution in [3.05, 3.63) is 0 Å². The first-order valence-electron chi connectivity index (χ1n) is 4.71. The van der Waals surface area contributed by atoms with Gasteiger partial charge in [-0.15, -0.1) is 0 Å². The van der Waals surface area contributed by atoms with Crippen LogP contribution in [0.4, 0.5) is 4.79 Å². The predicted octanol–water partition coefficient (Wildman–Crippen LogP) is 2.98. The molecule has 0 fully saturated rings. The van der Waals surface area contributed by atoms with E-state index in [1.807, 2.05) is 34.6 Å². The number of hydrogen-bond acceptors (Lipinski definition) is 3. The SMILES string of the molecule is CCCOC(=O)OC(C)C(C)(C)C. The Morgan fingerprint density at radius 2 is 1.92 bits per heavy atom. The van der Waals surface area contributed by atoms with Crippen LogP contribution in [0.1, 0.15) is 41.0 Å². The normalized spacial score (nSPS) is 13.6. The maximum absolute atomic E-state index is 11.0. The lowest BCUT2D eigenvalue weighted by atomic mass is 9.90. The summed E-state index contributed by atoms with van der Waals surface area (Å²) in [6, 6.07) is 0. The fraction of sp³-hybridized carbons (Fsp3) is 0.900. The molecule has 0 aromatic carbocycles. The molecule has 0 N–H and O–H groups in total. The van der Waals surface area contributed by atoms with Gasteiger partial charge < -0.3 is 9.47 Å². The Morgan fingerprint density at radius 1 is 1.38 bits per heavy atom. The van der Waals surface area contributed by atoms with Gasteiger partial charge >= 0.3 is 6.16 Å². The fourth-order valence-corrected chi connectivity index (χ4v) is 0.541. The minimum atomic E-state index is -0.565. The van der Waals surface area contributed by atoms with Crippen molar-refractivity contribution >= 4 is 6.16 Å². The first-order valence-corrected chi connectivity index (χ1v) is 4.71. The van der Waals surface area contributed by atoms with Crippen molar-refractivity contribution in [1.82, 2.24) is 0 Å². The summed E-state index contributed by atoms with van der Waals surface area (Å²) in [7, 11) is 0. The highest BCUT2D eigenvalue weighted by Gasteiger charge is 2.24. The summed E-state index contributed by atoms with van der Waals surface area (Å²) in [5.74, 6) is 0. The van der Waals surface area contributed by atoms with E-state index in [-0.39, 0.29) is 11.5 Å². The third-order valence-electron chi connectivity index (χ3n) is 1.92. The van der Waals surface area contributed by atoms with Gasteiger partial charge in [-0.1, -0.05) is 27.7 Å². The lowest BCUT2D eigenvalue weighted by Crippen LogP contribution is -2.29. The quantitative estimate of drug-likeness (QED) is 0.639. The molecule has 0 saturated heterocycles. The standard InChI is InChI=1S/C10H20O3/c1-6-7-12-9(11)13-8(2)10(3,4)5/h8H,6-7H2,1-5H3. The van der Waals surface area contributed by atoms with Crippen molar-refractivity contribution in [2.75, 3.05) is 6.61 Å². The molecule has 0 radical (unpaired) electrons. The summed E-state index contributed by atoms with van der Waals surface area (Å²) >= 11 is 0. The second-order valence-electron chi connectivity index (χ2n) is 4.22. The number of carbonyl (C=O) groups is 1. The third kappa shape index (κ3) is 5.50. The Hall–Kier alpha value is -0.730. The lowest BCUT2D eigenvalue weighted by Gasteiger charge is -2.26. The summed E-state index contributed by atoms with van der Waals surface area (Å²) in [5, 5.41) is 0. The van der Waals surface area contributed by atoms with E-state index >= 15 is 0 Å². The molecule has 0 amide bonds. The average molecular weight is 188 g/mol. The van der Waals surface area contributed by atoms with Gasteiger partial charge in [-0.2, -0.15) is 0 Å². The van der Waals surface area contributed by atoms with Crippen LogP contribution in [0, 0.1) is 5.41 Å². The van der Waals surface area contributed by atoms with Crippen LogP contribution in [0.25, 0.3) is 0 Å². The Labute approximate surface area is 80.4 Å². The van der Waals surface area contributed by atoms with Gasteiger partial charge in [0, 0.05) is 0 Å². The molecule has 1 unspecified atom stereocenters. The molecule has 0 bridgehead atoms. The smallest absolute Gasteiger partial charge is 0.434 e. The monoisotopic (exact) mass is 188 g/mol. The van der Waals surface area contributed by atoms with Crippen molar-refractivity contribution in [2.45, 2.75) is 47.1 Å². The summed E-state index contributed by atoms with van der Waals surface area (Å²) in [5.41, 5.74) is -0.0365. The average Bonchev–Trinajstić information content (AvgIpc) is 1.99. The van der Waals surface area contributed by atoms with Crippen LogP contribution in [-0.2, 0) is 9.47 Å². The van der Waals surface area contributed by atoms with Gasteiger partial charge in [-0.3, -0.25) is 0 Å². The van der Waals surface area contributed by atoms with E-state index in [1.165, 1.54) is 0 Å². The van der Waals surface area contributed by atoms with Gasteiger partial charge in [0.1, 0.15) is 6.10 Å². The Kier molecular flexibility index (Phi) is 4.81. The molecule has 0 rings (SSSR count). The zero-order valence-electron chi connectivity index (χ0n) is 9.22. The van der Waals surface area contributed by atoms with Crippen molar-refractivity contribution in [3.8, 4) is 0 Å². The van der Waals surface area contributed by atoms with E-state index in [4.69, 9.17) is 9.47 Å². The van der Waals surface area contributed by atoms with E-state index in [1.54, 1.807) is 0 Å². The number of carbonyl (C=O) groups excluding carboxylic acids is 1. The van der Waals surface area contributed by atoms with E-state index < -0.39 is 6.16 Å². The van der Waals surface area contributed by atoms with Gasteiger partial charge in [0.05, 0.1) is 6.61 Å². The van der Waals surface area contributed by atoms with Gasteiger partial charge in [0.25, 0.3) is 0 Å². The Balaban J connectivity index is 3.79. The Bertz CT molecular complexity index is 158. The van der Waals surface area contributed by atoms with Crippen LogP contribution >= 0.6 is 0 Å². The first-order chi connectivity index (χ1) is 5.88. The highest BCUT2D eigenvalue weighted by molar-refractivity contribution is 5.60. The molecule has 0 aliphatic heterocycles. The first kappa shape index (κ1) is 12.3. The minimum Gasteiger partial charge on any atom is -0.434 e. The summed E-state index contributed by atoms with van der Waals surface area (Å²) in [4.78, 5) is 11.0. The van der Waals surface area contributed by atoms with Crippen LogP contribution in [0.2, 0.25) is 0 Å². The molecule has 0 saturated carbocycles.